The molecule has 0 aliphatic rings. The number of para-hydroxylation sites is 1. The van der Waals surface area contributed by atoms with E-state index in [4.69, 9.17) is 14.8 Å². The first-order chi connectivity index (χ1) is 25.2. The normalized spacial score (nSPS) is 12.7. The predicted octanol–water partition coefficient (Wildman–Crippen LogP) is 12.9. The second-order valence-electron chi connectivity index (χ2n) is 18.9. The van der Waals surface area contributed by atoms with Crippen LogP contribution in [0.4, 0.5) is 0 Å². The Hall–Kier alpha value is -4.47. The minimum Gasteiger partial charge on any atom is -0.509 e. The first-order valence-corrected chi connectivity index (χ1v) is 19.1. The van der Waals surface area contributed by atoms with Gasteiger partial charge in [-0.2, -0.15) is 17.2 Å². The SMILES string of the molecule is Cc1ccnc(-n2c3[c-]c(Oc4[c-]c(-n5cc(-c6c(C(C)(C)C)c(C(C)(C)C)cc(C(C)(C)C)c6C(C)(C)C)cn5)ccc4)ccc3c3ccccc32)c1.[Pt+2]. The number of aryl methyl sites for hydroxylation is 1. The van der Waals surface area contributed by atoms with Crippen molar-refractivity contribution in [3.8, 4) is 34.1 Å². The summed E-state index contributed by atoms with van der Waals surface area (Å²) in [7, 11) is 0. The van der Waals surface area contributed by atoms with Crippen LogP contribution in [0.2, 0.25) is 0 Å². The number of rotatable bonds is 5. The van der Waals surface area contributed by atoms with Gasteiger partial charge in [0.1, 0.15) is 5.82 Å². The largest absolute Gasteiger partial charge is 2.00 e. The maximum atomic E-state index is 6.50. The predicted molar refractivity (Wildman–Crippen MR) is 225 cm³/mol. The Bertz CT molecular complexity index is 2480. The molecule has 0 spiro atoms. The summed E-state index contributed by atoms with van der Waals surface area (Å²) in [6.45, 7) is 30.2. The van der Waals surface area contributed by atoms with E-state index in [2.05, 4.69) is 155 Å². The van der Waals surface area contributed by atoms with E-state index < -0.39 is 0 Å². The minimum absolute atomic E-state index is 0. The topological polar surface area (TPSA) is 44.9 Å². The van der Waals surface area contributed by atoms with Crippen LogP contribution in [-0.4, -0.2) is 19.3 Å². The molecule has 0 atom stereocenters. The minimum atomic E-state index is -0.102. The molecule has 7 rings (SSSR count). The van der Waals surface area contributed by atoms with E-state index in [-0.39, 0.29) is 42.7 Å². The van der Waals surface area contributed by atoms with Gasteiger partial charge in [-0.15, -0.1) is 35.7 Å². The van der Waals surface area contributed by atoms with Crippen LogP contribution in [-0.2, 0) is 42.7 Å². The molecule has 5 nitrogen and oxygen atoms in total. The van der Waals surface area contributed by atoms with E-state index in [9.17, 15) is 0 Å². The first kappa shape index (κ1) is 40.2. The third-order valence-electron chi connectivity index (χ3n) is 10.2. The molecule has 0 aliphatic carbocycles. The fourth-order valence-electron chi connectivity index (χ4n) is 7.86. The number of nitrogens with zero attached hydrogens (tertiary/aromatic N) is 4. The van der Waals surface area contributed by atoms with Gasteiger partial charge in [-0.05, 0) is 91.2 Å². The zero-order chi connectivity index (χ0) is 39.0. The molecule has 0 N–H and O–H groups in total. The third kappa shape index (κ3) is 7.70. The van der Waals surface area contributed by atoms with Gasteiger partial charge in [0.25, 0.3) is 0 Å². The summed E-state index contributed by atoms with van der Waals surface area (Å²) in [4.78, 5) is 4.72. The zero-order valence-electron chi connectivity index (χ0n) is 34.7. The smallest absolute Gasteiger partial charge is 0.509 e. The van der Waals surface area contributed by atoms with Crippen molar-refractivity contribution in [3.63, 3.8) is 0 Å². The Morgan fingerprint density at radius 3 is 1.89 bits per heavy atom. The van der Waals surface area contributed by atoms with Crippen LogP contribution in [0, 0.1) is 19.1 Å². The van der Waals surface area contributed by atoms with Crippen molar-refractivity contribution < 1.29 is 25.8 Å². The Balaban J connectivity index is 0.00000514. The number of hydrogen-bond donors (Lipinski definition) is 0. The van der Waals surface area contributed by atoms with E-state index in [0.29, 0.717) is 11.5 Å². The first-order valence-electron chi connectivity index (χ1n) is 19.1. The molecule has 3 heterocycles. The van der Waals surface area contributed by atoms with E-state index in [1.54, 1.807) is 0 Å². The van der Waals surface area contributed by atoms with E-state index in [1.165, 1.54) is 27.8 Å². The number of hydrogen-bond acceptors (Lipinski definition) is 3. The van der Waals surface area contributed by atoms with Gasteiger partial charge in [-0.1, -0.05) is 113 Å². The van der Waals surface area contributed by atoms with Crippen molar-refractivity contribution in [2.45, 2.75) is 112 Å². The monoisotopic (exact) mass is 909 g/mol. The summed E-state index contributed by atoms with van der Waals surface area (Å²) in [6, 6.07) is 32.1. The maximum absolute atomic E-state index is 6.50. The molecule has 4 aromatic carbocycles. The zero-order valence-corrected chi connectivity index (χ0v) is 36.9. The van der Waals surface area contributed by atoms with Crippen molar-refractivity contribution in [1.82, 2.24) is 19.3 Å². The molecule has 0 bridgehead atoms. The molecule has 286 valence electrons. The van der Waals surface area contributed by atoms with Gasteiger partial charge in [-0.25, -0.2) is 4.98 Å². The van der Waals surface area contributed by atoms with Gasteiger partial charge >= 0.3 is 21.1 Å². The maximum Gasteiger partial charge on any atom is 2.00 e. The number of pyridine rings is 1. The van der Waals surface area contributed by atoms with Gasteiger partial charge in [0.15, 0.2) is 0 Å². The molecule has 0 saturated heterocycles. The summed E-state index contributed by atoms with van der Waals surface area (Å²) in [5.41, 5.74) is 11.6. The van der Waals surface area contributed by atoms with E-state index >= 15 is 0 Å². The molecule has 55 heavy (non-hydrogen) atoms. The Labute approximate surface area is 342 Å². The van der Waals surface area contributed by atoms with Gasteiger partial charge in [-0.3, -0.25) is 4.68 Å². The summed E-state index contributed by atoms with van der Waals surface area (Å²) in [6.07, 6.45) is 6.05. The molecular weight excluding hydrogens is 856 g/mol. The van der Waals surface area contributed by atoms with Gasteiger partial charge in [0.2, 0.25) is 0 Å². The standard InChI is InChI=1S/C49H54N4O.Pt/c1-31-23-24-50-42(25-31)53-40-20-15-14-19-36(40)37-22-21-35(27-41(37)53)54-34-18-16-17-33(26-34)52-30-32(29-51-52)43-44(48(8,9)10)38(46(2,3)4)28-39(47(5,6)7)45(43)49(11,12)13;/h14-25,28-30H,1-13H3;/q-2;+2. The number of aromatic nitrogens is 4. The van der Waals surface area contributed by atoms with Crippen LogP contribution in [0.1, 0.15) is 111 Å². The molecule has 3 aromatic heterocycles. The van der Waals surface area contributed by atoms with Crippen LogP contribution in [0.25, 0.3) is 44.4 Å². The number of fused-ring (bicyclic) bond motifs is 3. The molecule has 0 amide bonds. The fraction of sp³-hybridized carbons (Fsp3) is 0.347. The number of ether oxygens (including phenoxy) is 1. The van der Waals surface area contributed by atoms with Crippen LogP contribution in [0.5, 0.6) is 11.5 Å². The summed E-state index contributed by atoms with van der Waals surface area (Å²) < 4.78 is 10.6. The van der Waals surface area contributed by atoms with Crippen molar-refractivity contribution in [2.24, 2.45) is 0 Å². The van der Waals surface area contributed by atoms with Crippen molar-refractivity contribution in [1.29, 1.82) is 0 Å². The van der Waals surface area contributed by atoms with E-state index in [1.807, 2.05) is 47.4 Å². The molecule has 0 fully saturated rings. The third-order valence-corrected chi connectivity index (χ3v) is 10.2. The van der Waals surface area contributed by atoms with Crippen LogP contribution in [0.3, 0.4) is 0 Å². The molecule has 0 saturated carbocycles. The molecule has 0 radical (unpaired) electrons. The van der Waals surface area contributed by atoms with Crippen LogP contribution in [0.15, 0.2) is 91.4 Å². The molecule has 0 aliphatic heterocycles. The number of benzene rings is 4. The summed E-state index contributed by atoms with van der Waals surface area (Å²) in [5.74, 6) is 2.05. The van der Waals surface area contributed by atoms with Gasteiger partial charge in [0, 0.05) is 35.0 Å². The second kappa shape index (κ2) is 14.2. The van der Waals surface area contributed by atoms with Crippen LogP contribution >= 0.6 is 0 Å². The average Bonchev–Trinajstić information content (AvgIpc) is 3.69. The Morgan fingerprint density at radius 1 is 0.636 bits per heavy atom. The molecule has 6 heteroatoms. The van der Waals surface area contributed by atoms with Crippen LogP contribution < -0.4 is 4.74 Å². The molecule has 7 aromatic rings. The van der Waals surface area contributed by atoms with Crippen molar-refractivity contribution in [3.05, 3.63) is 131 Å². The van der Waals surface area contributed by atoms with E-state index in [0.717, 1.165) is 44.4 Å². The molecule has 0 unspecified atom stereocenters. The Kier molecular flexibility index (Phi) is 10.4. The Morgan fingerprint density at radius 2 is 1.27 bits per heavy atom. The average molecular weight is 910 g/mol. The van der Waals surface area contributed by atoms with Gasteiger partial charge in [0.05, 0.1) is 6.20 Å². The van der Waals surface area contributed by atoms with Crippen molar-refractivity contribution >= 4 is 21.8 Å². The second-order valence-corrected chi connectivity index (χ2v) is 18.9. The van der Waals surface area contributed by atoms with Gasteiger partial charge < -0.3 is 9.30 Å². The van der Waals surface area contributed by atoms with Crippen molar-refractivity contribution in [2.75, 3.05) is 0 Å². The molecular formula is C49H54N4OPt. The fourth-order valence-corrected chi connectivity index (χ4v) is 7.86. The quantitative estimate of drug-likeness (QED) is 0.162. The summed E-state index contributed by atoms with van der Waals surface area (Å²) >= 11 is 0. The summed E-state index contributed by atoms with van der Waals surface area (Å²) in [5, 5.41) is 7.21.